The van der Waals surface area contributed by atoms with Crippen LogP contribution >= 0.6 is 31.9 Å². The third kappa shape index (κ3) is 5.13. The molecule has 150 valence electrons. The lowest BCUT2D eigenvalue weighted by Crippen LogP contribution is -2.35. The Balaban J connectivity index is 1.70. The lowest BCUT2D eigenvalue weighted by molar-refractivity contribution is 0.0941. The Bertz CT molecular complexity index is 1120. The summed E-state index contributed by atoms with van der Waals surface area (Å²) in [7, 11) is -6.91. The molecule has 0 spiro atoms. The van der Waals surface area contributed by atoms with Crippen molar-refractivity contribution < 1.29 is 21.6 Å². The summed E-state index contributed by atoms with van der Waals surface area (Å²) < 4.78 is 51.6. The Morgan fingerprint density at radius 3 is 2.36 bits per heavy atom. The molecule has 2 aromatic rings. The minimum Gasteiger partial charge on any atom is -0.348 e. The molecule has 0 aliphatic carbocycles. The molecule has 3 rings (SSSR count). The van der Waals surface area contributed by atoms with E-state index in [9.17, 15) is 21.6 Å². The second kappa shape index (κ2) is 8.13. The van der Waals surface area contributed by atoms with Gasteiger partial charge in [0.25, 0.3) is 15.9 Å². The second-order valence-corrected chi connectivity index (χ2v) is 12.0. The number of carbonyl (C=O) groups is 1. The van der Waals surface area contributed by atoms with E-state index in [0.29, 0.717) is 26.6 Å². The van der Waals surface area contributed by atoms with Crippen LogP contribution in [-0.4, -0.2) is 40.3 Å². The highest BCUT2D eigenvalue weighted by molar-refractivity contribution is 9.11. The van der Waals surface area contributed by atoms with E-state index in [1.807, 2.05) is 0 Å². The molecule has 1 saturated heterocycles. The number of sulfonamides is 1. The molecule has 1 amide bonds. The number of hydrogen-bond acceptors (Lipinski definition) is 5. The monoisotopic (exact) mass is 550 g/mol. The summed E-state index contributed by atoms with van der Waals surface area (Å²) in [6.07, 6.45) is 0.396. The molecule has 1 fully saturated rings. The Morgan fingerprint density at radius 1 is 1.07 bits per heavy atom. The molecule has 1 atom stereocenters. The van der Waals surface area contributed by atoms with Crippen molar-refractivity contribution in [2.75, 3.05) is 16.2 Å². The van der Waals surface area contributed by atoms with Gasteiger partial charge in [-0.3, -0.25) is 9.52 Å². The van der Waals surface area contributed by atoms with E-state index < -0.39 is 31.8 Å². The fourth-order valence-electron chi connectivity index (χ4n) is 2.76. The lowest BCUT2D eigenvalue weighted by atomic mass is 10.1. The van der Waals surface area contributed by atoms with Crippen molar-refractivity contribution in [1.82, 2.24) is 5.32 Å². The number of sulfone groups is 1. The van der Waals surface area contributed by atoms with E-state index in [-0.39, 0.29) is 16.4 Å². The molecule has 28 heavy (non-hydrogen) atoms. The summed E-state index contributed by atoms with van der Waals surface area (Å²) in [6, 6.07) is 10.3. The molecular formula is C17H16Br2N2O5S2. The predicted octanol–water partition coefficient (Wildman–Crippen LogP) is 2.93. The zero-order valence-corrected chi connectivity index (χ0v) is 19.2. The van der Waals surface area contributed by atoms with Gasteiger partial charge < -0.3 is 5.32 Å². The third-order valence-electron chi connectivity index (χ3n) is 4.15. The summed E-state index contributed by atoms with van der Waals surface area (Å²) in [6.45, 7) is 0. The maximum absolute atomic E-state index is 12.6. The minimum atomic E-state index is -3.83. The van der Waals surface area contributed by atoms with Crippen LogP contribution in [0.4, 0.5) is 5.69 Å². The highest BCUT2D eigenvalue weighted by Crippen LogP contribution is 2.27. The van der Waals surface area contributed by atoms with Crippen molar-refractivity contribution in [2.24, 2.45) is 0 Å². The van der Waals surface area contributed by atoms with E-state index in [1.165, 1.54) is 30.3 Å². The molecule has 0 radical (unpaired) electrons. The first-order valence-corrected chi connectivity index (χ1v) is 13.0. The first kappa shape index (κ1) is 21.3. The van der Waals surface area contributed by atoms with Crippen LogP contribution in [0.15, 0.2) is 56.3 Å². The molecular weight excluding hydrogens is 536 g/mol. The quantitative estimate of drug-likeness (QED) is 0.593. The molecule has 2 aromatic carbocycles. The Morgan fingerprint density at radius 2 is 1.75 bits per heavy atom. The van der Waals surface area contributed by atoms with Gasteiger partial charge >= 0.3 is 0 Å². The van der Waals surface area contributed by atoms with Crippen molar-refractivity contribution in [1.29, 1.82) is 0 Å². The zero-order chi connectivity index (χ0) is 20.5. The van der Waals surface area contributed by atoms with Crippen LogP contribution in [0.25, 0.3) is 0 Å². The van der Waals surface area contributed by atoms with Gasteiger partial charge in [0.05, 0.1) is 11.5 Å². The summed E-state index contributed by atoms with van der Waals surface area (Å²) in [5.41, 5.74) is 0.614. The third-order valence-corrected chi connectivity index (χ3v) is 8.79. The first-order valence-electron chi connectivity index (χ1n) is 8.15. The van der Waals surface area contributed by atoms with Crippen molar-refractivity contribution in [3.63, 3.8) is 0 Å². The topological polar surface area (TPSA) is 109 Å². The second-order valence-electron chi connectivity index (χ2n) is 6.33. The highest BCUT2D eigenvalue weighted by atomic mass is 79.9. The molecule has 0 unspecified atom stereocenters. The summed E-state index contributed by atoms with van der Waals surface area (Å²) >= 11 is 6.47. The van der Waals surface area contributed by atoms with Crippen LogP contribution in [0.1, 0.15) is 16.8 Å². The van der Waals surface area contributed by atoms with Crippen LogP contribution in [0.5, 0.6) is 0 Å². The van der Waals surface area contributed by atoms with Gasteiger partial charge in [-0.15, -0.1) is 0 Å². The molecule has 1 aliphatic rings. The van der Waals surface area contributed by atoms with Crippen LogP contribution in [0, 0.1) is 0 Å². The van der Waals surface area contributed by atoms with Gasteiger partial charge in [0.2, 0.25) is 0 Å². The Kier molecular flexibility index (Phi) is 6.18. The number of amides is 1. The maximum Gasteiger partial charge on any atom is 0.263 e. The largest absolute Gasteiger partial charge is 0.348 e. The van der Waals surface area contributed by atoms with Crippen LogP contribution in [0.2, 0.25) is 0 Å². The SMILES string of the molecule is O=C(N[C@H]1CCS(=O)(=O)C1)c1ccc(NS(=O)(=O)c2cc(Br)ccc2Br)cc1. The minimum absolute atomic E-state index is 0.0574. The molecule has 7 nitrogen and oxygen atoms in total. The van der Waals surface area contributed by atoms with Gasteiger partial charge in [0.15, 0.2) is 9.84 Å². The molecule has 0 aromatic heterocycles. The number of nitrogens with one attached hydrogen (secondary N) is 2. The Labute approximate surface area is 180 Å². The summed E-state index contributed by atoms with van der Waals surface area (Å²) in [5.74, 6) is -0.381. The van der Waals surface area contributed by atoms with E-state index in [4.69, 9.17) is 0 Å². The highest BCUT2D eigenvalue weighted by Gasteiger charge is 2.29. The fourth-order valence-corrected chi connectivity index (χ4v) is 7.00. The average molecular weight is 552 g/mol. The normalized spacial score (nSPS) is 18.6. The van der Waals surface area contributed by atoms with Gasteiger partial charge in [-0.1, -0.05) is 15.9 Å². The molecule has 11 heteroatoms. The Hall–Kier alpha value is -1.43. The number of hydrogen-bond donors (Lipinski definition) is 2. The number of rotatable bonds is 5. The van der Waals surface area contributed by atoms with Gasteiger partial charge in [-0.2, -0.15) is 0 Å². The smallest absolute Gasteiger partial charge is 0.263 e. The van der Waals surface area contributed by atoms with E-state index in [2.05, 4.69) is 41.9 Å². The van der Waals surface area contributed by atoms with Crippen molar-refractivity contribution >= 4 is 63.3 Å². The molecule has 2 N–H and O–H groups in total. The van der Waals surface area contributed by atoms with Crippen molar-refractivity contribution in [2.45, 2.75) is 17.4 Å². The van der Waals surface area contributed by atoms with E-state index in [0.717, 1.165) is 0 Å². The standard InChI is InChI=1S/C17H16Br2N2O5S2/c18-12-3-6-15(19)16(9-12)28(25,26)21-13-4-1-11(2-5-13)17(22)20-14-7-8-27(23,24)10-14/h1-6,9,14,21H,7-8,10H2,(H,20,22)/t14-/m0/s1. The predicted molar refractivity (Wildman–Crippen MR) is 114 cm³/mol. The lowest BCUT2D eigenvalue weighted by Gasteiger charge is -2.12. The summed E-state index contributed by atoms with van der Waals surface area (Å²) in [5, 5.41) is 2.69. The maximum atomic E-state index is 12.6. The molecule has 1 aliphatic heterocycles. The number of halogens is 2. The van der Waals surface area contributed by atoms with E-state index >= 15 is 0 Å². The van der Waals surface area contributed by atoms with Gasteiger partial charge in [-0.05, 0) is 64.8 Å². The number of carbonyl (C=O) groups excluding carboxylic acids is 1. The first-order chi connectivity index (χ1) is 13.1. The molecule has 0 bridgehead atoms. The molecule has 1 heterocycles. The molecule has 0 saturated carbocycles. The van der Waals surface area contributed by atoms with Crippen LogP contribution in [0.3, 0.4) is 0 Å². The van der Waals surface area contributed by atoms with Crippen molar-refractivity contribution in [3.05, 3.63) is 57.0 Å². The van der Waals surface area contributed by atoms with Crippen LogP contribution < -0.4 is 10.0 Å². The number of anilines is 1. The van der Waals surface area contributed by atoms with Gasteiger partial charge in [-0.25, -0.2) is 16.8 Å². The fraction of sp³-hybridized carbons (Fsp3) is 0.235. The number of benzene rings is 2. The zero-order valence-electron chi connectivity index (χ0n) is 14.4. The van der Waals surface area contributed by atoms with Gasteiger partial charge in [0, 0.05) is 26.2 Å². The van der Waals surface area contributed by atoms with Gasteiger partial charge in [0.1, 0.15) is 4.90 Å². The average Bonchev–Trinajstić information content (AvgIpc) is 2.95. The van der Waals surface area contributed by atoms with Crippen LogP contribution in [-0.2, 0) is 19.9 Å². The van der Waals surface area contributed by atoms with E-state index in [1.54, 1.807) is 12.1 Å². The van der Waals surface area contributed by atoms with Crippen molar-refractivity contribution in [3.8, 4) is 0 Å². The summed E-state index contributed by atoms with van der Waals surface area (Å²) in [4.78, 5) is 12.3.